The van der Waals surface area contributed by atoms with E-state index in [9.17, 15) is 0 Å². The Morgan fingerprint density at radius 2 is 2.11 bits per heavy atom. The predicted molar refractivity (Wildman–Crippen MR) is 71.0 cm³/mol. The number of likely N-dealkylation sites (N-methyl/N-ethyl adjacent to an activating group) is 1. The molecule has 2 atom stereocenters. The zero-order valence-electron chi connectivity index (χ0n) is 10.8. The molecule has 94 valence electrons. The summed E-state index contributed by atoms with van der Waals surface area (Å²) >= 11 is 0. The molecule has 1 aromatic rings. The monoisotopic (exact) mass is 241 g/mol. The molecule has 0 saturated carbocycles. The molecule has 3 heteroatoms. The molecule has 2 heterocycles. The minimum atomic E-state index is 0.723. The van der Waals surface area contributed by atoms with Crippen LogP contribution in [0.25, 0.3) is 0 Å². The van der Waals surface area contributed by atoms with E-state index in [1.54, 1.807) is 0 Å². The van der Waals surface area contributed by atoms with E-state index >= 15 is 0 Å². The van der Waals surface area contributed by atoms with Gasteiger partial charge in [0, 0.05) is 25.2 Å². The van der Waals surface area contributed by atoms with E-state index in [2.05, 4.69) is 29.0 Å². The van der Waals surface area contributed by atoms with Crippen molar-refractivity contribution in [2.24, 2.45) is 0 Å². The van der Waals surface area contributed by atoms with Crippen molar-refractivity contribution in [1.29, 1.82) is 5.26 Å². The van der Waals surface area contributed by atoms with E-state index in [0.717, 1.165) is 24.2 Å². The number of fused-ring (bicyclic) bond motifs is 1. The normalized spacial score (nSPS) is 28.2. The summed E-state index contributed by atoms with van der Waals surface area (Å²) in [6.45, 7) is 3.41. The van der Waals surface area contributed by atoms with Crippen LogP contribution < -0.4 is 0 Å². The van der Waals surface area contributed by atoms with Gasteiger partial charge in [0.05, 0.1) is 11.6 Å². The maximum absolute atomic E-state index is 8.94. The molecule has 2 fully saturated rings. The molecular weight excluding hydrogens is 222 g/mol. The highest BCUT2D eigenvalue weighted by Crippen LogP contribution is 2.31. The number of nitrogens with zero attached hydrogens (tertiary/aromatic N) is 3. The van der Waals surface area contributed by atoms with Crippen LogP contribution in [-0.4, -0.2) is 42.0 Å². The smallest absolute Gasteiger partial charge is 0.0991 e. The van der Waals surface area contributed by atoms with Crippen LogP contribution in [0.5, 0.6) is 0 Å². The van der Waals surface area contributed by atoms with E-state index < -0.39 is 0 Å². The Kier molecular flexibility index (Phi) is 3.07. The third-order valence-electron chi connectivity index (χ3n) is 4.41. The SMILES string of the molecule is CN1CC[C@@H]2[C@@H]1CCN2Cc1cccc(C#N)c1. The second-order valence-corrected chi connectivity index (χ2v) is 5.48. The van der Waals surface area contributed by atoms with Crippen molar-refractivity contribution in [2.45, 2.75) is 31.5 Å². The molecule has 3 rings (SSSR count). The summed E-state index contributed by atoms with van der Waals surface area (Å²) < 4.78 is 0. The van der Waals surface area contributed by atoms with Gasteiger partial charge in [0.25, 0.3) is 0 Å². The van der Waals surface area contributed by atoms with E-state index in [1.807, 2.05) is 18.2 Å². The molecule has 18 heavy (non-hydrogen) atoms. The topological polar surface area (TPSA) is 30.3 Å². The van der Waals surface area contributed by atoms with Crippen LogP contribution in [0.4, 0.5) is 0 Å². The summed E-state index contributed by atoms with van der Waals surface area (Å²) in [5.74, 6) is 0. The minimum absolute atomic E-state index is 0.723. The van der Waals surface area contributed by atoms with E-state index in [1.165, 1.54) is 31.5 Å². The Hall–Kier alpha value is -1.37. The predicted octanol–water partition coefficient (Wildman–Crippen LogP) is 1.84. The van der Waals surface area contributed by atoms with Crippen molar-refractivity contribution in [3.05, 3.63) is 35.4 Å². The molecule has 0 spiro atoms. The van der Waals surface area contributed by atoms with Crippen molar-refractivity contribution < 1.29 is 0 Å². The lowest BCUT2D eigenvalue weighted by Gasteiger charge is -2.24. The number of hydrogen-bond acceptors (Lipinski definition) is 3. The second-order valence-electron chi connectivity index (χ2n) is 5.48. The van der Waals surface area contributed by atoms with E-state index in [0.29, 0.717) is 0 Å². The maximum Gasteiger partial charge on any atom is 0.0991 e. The summed E-state index contributed by atoms with van der Waals surface area (Å²) in [6.07, 6.45) is 2.58. The highest BCUT2D eigenvalue weighted by Gasteiger charge is 2.40. The Labute approximate surface area is 109 Å². The number of nitriles is 1. The van der Waals surface area contributed by atoms with Crippen molar-refractivity contribution in [2.75, 3.05) is 20.1 Å². The Morgan fingerprint density at radius 3 is 2.94 bits per heavy atom. The largest absolute Gasteiger partial charge is 0.302 e. The van der Waals surface area contributed by atoms with Gasteiger partial charge >= 0.3 is 0 Å². The third-order valence-corrected chi connectivity index (χ3v) is 4.41. The Morgan fingerprint density at radius 1 is 1.28 bits per heavy atom. The Bertz CT molecular complexity index is 477. The first kappa shape index (κ1) is 11.7. The highest BCUT2D eigenvalue weighted by molar-refractivity contribution is 5.32. The number of benzene rings is 1. The fourth-order valence-corrected chi connectivity index (χ4v) is 3.46. The van der Waals surface area contributed by atoms with Crippen LogP contribution in [0.2, 0.25) is 0 Å². The molecule has 1 aromatic carbocycles. The molecule has 0 radical (unpaired) electrons. The minimum Gasteiger partial charge on any atom is -0.302 e. The molecular formula is C15H19N3. The number of rotatable bonds is 2. The lowest BCUT2D eigenvalue weighted by molar-refractivity contribution is 0.232. The molecule has 3 nitrogen and oxygen atoms in total. The fourth-order valence-electron chi connectivity index (χ4n) is 3.46. The van der Waals surface area contributed by atoms with Crippen LogP contribution >= 0.6 is 0 Å². The molecule has 2 saturated heterocycles. The molecule has 2 aliphatic heterocycles. The summed E-state index contributed by atoms with van der Waals surface area (Å²) in [7, 11) is 2.24. The number of hydrogen-bond donors (Lipinski definition) is 0. The standard InChI is InChI=1S/C15H19N3/c1-17-7-5-15-14(17)6-8-18(15)11-13-4-2-3-12(9-13)10-16/h2-4,9,14-15H,5-8,11H2,1H3/t14-,15+/m0/s1. The average Bonchev–Trinajstić information content (AvgIpc) is 2.95. The van der Waals surface area contributed by atoms with Gasteiger partial charge in [0.2, 0.25) is 0 Å². The number of likely N-dealkylation sites (tertiary alicyclic amines) is 2. The van der Waals surface area contributed by atoms with Gasteiger partial charge < -0.3 is 4.90 Å². The zero-order chi connectivity index (χ0) is 12.5. The van der Waals surface area contributed by atoms with Crippen LogP contribution in [-0.2, 0) is 6.54 Å². The molecule has 0 N–H and O–H groups in total. The van der Waals surface area contributed by atoms with E-state index in [-0.39, 0.29) is 0 Å². The van der Waals surface area contributed by atoms with Gasteiger partial charge in [-0.05, 0) is 44.1 Å². The molecule has 0 aliphatic carbocycles. The molecule has 2 aliphatic rings. The summed E-state index contributed by atoms with van der Waals surface area (Å²) in [4.78, 5) is 5.08. The quantitative estimate of drug-likeness (QED) is 0.791. The van der Waals surface area contributed by atoms with Crippen molar-refractivity contribution in [1.82, 2.24) is 9.80 Å². The van der Waals surface area contributed by atoms with Gasteiger partial charge in [-0.1, -0.05) is 12.1 Å². The summed E-state index contributed by atoms with van der Waals surface area (Å²) in [5, 5.41) is 8.94. The van der Waals surface area contributed by atoms with Gasteiger partial charge in [-0.2, -0.15) is 5.26 Å². The molecule has 0 bridgehead atoms. The van der Waals surface area contributed by atoms with Crippen LogP contribution in [0.3, 0.4) is 0 Å². The maximum atomic E-state index is 8.94. The summed E-state index contributed by atoms with van der Waals surface area (Å²) in [5.41, 5.74) is 2.04. The van der Waals surface area contributed by atoms with Gasteiger partial charge in [0.1, 0.15) is 0 Å². The summed E-state index contributed by atoms with van der Waals surface area (Å²) in [6, 6.07) is 11.7. The molecule has 0 unspecified atom stereocenters. The second kappa shape index (κ2) is 4.72. The molecule has 0 amide bonds. The first-order valence-electron chi connectivity index (χ1n) is 6.71. The zero-order valence-corrected chi connectivity index (χ0v) is 10.8. The highest BCUT2D eigenvalue weighted by atomic mass is 15.3. The van der Waals surface area contributed by atoms with Crippen molar-refractivity contribution >= 4 is 0 Å². The van der Waals surface area contributed by atoms with Crippen LogP contribution in [0, 0.1) is 11.3 Å². The first-order valence-corrected chi connectivity index (χ1v) is 6.71. The lowest BCUT2D eigenvalue weighted by atomic mass is 10.1. The third kappa shape index (κ3) is 2.03. The van der Waals surface area contributed by atoms with Gasteiger partial charge in [-0.15, -0.1) is 0 Å². The lowest BCUT2D eigenvalue weighted by Crippen LogP contribution is -2.34. The van der Waals surface area contributed by atoms with Gasteiger partial charge in [-0.25, -0.2) is 0 Å². The van der Waals surface area contributed by atoms with Gasteiger partial charge in [-0.3, -0.25) is 4.90 Å². The van der Waals surface area contributed by atoms with E-state index in [4.69, 9.17) is 5.26 Å². The van der Waals surface area contributed by atoms with Crippen molar-refractivity contribution in [3.8, 4) is 6.07 Å². The van der Waals surface area contributed by atoms with Gasteiger partial charge in [0.15, 0.2) is 0 Å². The van der Waals surface area contributed by atoms with Crippen LogP contribution in [0.15, 0.2) is 24.3 Å². The molecule has 0 aromatic heterocycles. The first-order chi connectivity index (χ1) is 8.78. The fraction of sp³-hybridized carbons (Fsp3) is 0.533. The Balaban J connectivity index is 1.72. The average molecular weight is 241 g/mol. The van der Waals surface area contributed by atoms with Crippen LogP contribution in [0.1, 0.15) is 24.0 Å². The van der Waals surface area contributed by atoms with Crippen molar-refractivity contribution in [3.63, 3.8) is 0 Å².